The van der Waals surface area contributed by atoms with Gasteiger partial charge in [-0.2, -0.15) is 0 Å². The number of allylic oxidation sites excluding steroid dienone is 30. The smallest absolute Gasteiger partial charge is 0.306 e. The van der Waals surface area contributed by atoms with Crippen molar-refractivity contribution in [3.05, 3.63) is 182 Å². The Kier molecular flexibility index (Phi) is 59.5. The molecule has 6 heteroatoms. The van der Waals surface area contributed by atoms with Crippen molar-refractivity contribution >= 4 is 17.9 Å². The molecule has 0 bridgehead atoms. The first kappa shape index (κ1) is 72.5. The zero-order valence-corrected chi connectivity index (χ0v) is 49.6. The van der Waals surface area contributed by atoms with Crippen LogP contribution in [0.4, 0.5) is 0 Å². The predicted octanol–water partition coefficient (Wildman–Crippen LogP) is 21.3. The van der Waals surface area contributed by atoms with E-state index in [1.165, 1.54) is 32.1 Å². The molecule has 0 aromatic rings. The van der Waals surface area contributed by atoms with Crippen LogP contribution in [0.15, 0.2) is 182 Å². The molecule has 0 aromatic carbocycles. The zero-order valence-electron chi connectivity index (χ0n) is 49.6. The van der Waals surface area contributed by atoms with Crippen molar-refractivity contribution in [3.8, 4) is 0 Å². The van der Waals surface area contributed by atoms with E-state index in [1.807, 2.05) is 12.2 Å². The molecule has 78 heavy (non-hydrogen) atoms. The van der Waals surface area contributed by atoms with Gasteiger partial charge in [0.15, 0.2) is 6.10 Å². The van der Waals surface area contributed by atoms with E-state index in [1.54, 1.807) is 0 Å². The van der Waals surface area contributed by atoms with E-state index in [0.717, 1.165) is 154 Å². The van der Waals surface area contributed by atoms with Crippen molar-refractivity contribution in [2.75, 3.05) is 13.2 Å². The molecule has 6 nitrogen and oxygen atoms in total. The third kappa shape index (κ3) is 61.4. The maximum atomic E-state index is 12.8. The Labute approximate surface area is 478 Å². The van der Waals surface area contributed by atoms with Gasteiger partial charge in [0.25, 0.3) is 0 Å². The van der Waals surface area contributed by atoms with Crippen LogP contribution in [0.2, 0.25) is 0 Å². The van der Waals surface area contributed by atoms with Crippen LogP contribution in [0.1, 0.15) is 233 Å². The van der Waals surface area contributed by atoms with E-state index in [4.69, 9.17) is 14.2 Å². The minimum atomic E-state index is -0.844. The first-order chi connectivity index (χ1) is 38.5. The fraction of sp³-hybridized carbons (Fsp3) is 0.542. The number of carbonyl (C=O) groups excluding carboxylic acids is 3. The topological polar surface area (TPSA) is 78.9 Å². The van der Waals surface area contributed by atoms with Crippen LogP contribution in [-0.4, -0.2) is 37.2 Å². The van der Waals surface area contributed by atoms with Crippen LogP contribution in [0, 0.1) is 0 Å². The molecule has 434 valence electrons. The van der Waals surface area contributed by atoms with Crippen molar-refractivity contribution in [3.63, 3.8) is 0 Å². The predicted molar refractivity (Wildman–Crippen MR) is 338 cm³/mol. The normalized spacial score (nSPS) is 13.4. The van der Waals surface area contributed by atoms with Crippen molar-refractivity contribution in [2.24, 2.45) is 0 Å². The van der Waals surface area contributed by atoms with Gasteiger partial charge in [-0.15, -0.1) is 0 Å². The average Bonchev–Trinajstić information content (AvgIpc) is 3.44. The van der Waals surface area contributed by atoms with Gasteiger partial charge < -0.3 is 14.2 Å². The molecule has 0 aliphatic rings. The van der Waals surface area contributed by atoms with Crippen LogP contribution in [0.25, 0.3) is 0 Å². The molecule has 0 amide bonds. The zero-order chi connectivity index (χ0) is 56.4. The minimum absolute atomic E-state index is 0.130. The molecule has 0 saturated carbocycles. The highest BCUT2D eigenvalue weighted by Gasteiger charge is 2.19. The number of unbranched alkanes of at least 4 members (excludes halogenated alkanes) is 12. The largest absolute Gasteiger partial charge is 0.462 e. The van der Waals surface area contributed by atoms with Gasteiger partial charge in [-0.1, -0.05) is 248 Å². The second-order valence-corrected chi connectivity index (χ2v) is 19.5. The lowest BCUT2D eigenvalue weighted by Gasteiger charge is -2.18. The summed E-state index contributed by atoms with van der Waals surface area (Å²) >= 11 is 0. The van der Waals surface area contributed by atoms with Crippen molar-refractivity contribution in [1.82, 2.24) is 0 Å². The molecule has 0 radical (unpaired) electrons. The third-order valence-corrected chi connectivity index (χ3v) is 12.1. The highest BCUT2D eigenvalue weighted by Crippen LogP contribution is 2.12. The van der Waals surface area contributed by atoms with E-state index in [2.05, 4.69) is 191 Å². The van der Waals surface area contributed by atoms with Crippen LogP contribution in [-0.2, 0) is 28.6 Å². The van der Waals surface area contributed by atoms with Crippen LogP contribution >= 0.6 is 0 Å². The molecule has 0 rings (SSSR count). The second-order valence-electron chi connectivity index (χ2n) is 19.5. The summed E-state index contributed by atoms with van der Waals surface area (Å²) in [4.78, 5) is 38.2. The molecule has 0 N–H and O–H groups in total. The number of esters is 3. The van der Waals surface area contributed by atoms with Gasteiger partial charge >= 0.3 is 17.9 Å². The highest BCUT2D eigenvalue weighted by atomic mass is 16.6. The van der Waals surface area contributed by atoms with Crippen LogP contribution < -0.4 is 0 Å². The van der Waals surface area contributed by atoms with E-state index in [-0.39, 0.29) is 31.6 Å². The van der Waals surface area contributed by atoms with Gasteiger partial charge in [0, 0.05) is 19.3 Å². The van der Waals surface area contributed by atoms with Gasteiger partial charge in [-0.25, -0.2) is 0 Å². The van der Waals surface area contributed by atoms with E-state index in [9.17, 15) is 14.4 Å². The lowest BCUT2D eigenvalue weighted by Crippen LogP contribution is -2.30. The van der Waals surface area contributed by atoms with E-state index >= 15 is 0 Å². The number of carbonyl (C=O) groups is 3. The molecular weight excluding hydrogens is 961 g/mol. The van der Waals surface area contributed by atoms with Gasteiger partial charge in [0.2, 0.25) is 0 Å². The second kappa shape index (κ2) is 64.0. The maximum Gasteiger partial charge on any atom is 0.306 e. The lowest BCUT2D eigenvalue weighted by atomic mass is 10.1. The molecule has 0 aromatic heterocycles. The van der Waals surface area contributed by atoms with Gasteiger partial charge in [-0.05, 0) is 148 Å². The van der Waals surface area contributed by atoms with Crippen molar-refractivity contribution in [1.29, 1.82) is 0 Å². The summed E-state index contributed by atoms with van der Waals surface area (Å²) in [5, 5.41) is 0. The third-order valence-electron chi connectivity index (χ3n) is 12.1. The molecule has 0 spiro atoms. The summed E-state index contributed by atoms with van der Waals surface area (Å²) in [6.07, 6.45) is 96.2. The van der Waals surface area contributed by atoms with Gasteiger partial charge in [-0.3, -0.25) is 14.4 Å². The summed E-state index contributed by atoms with van der Waals surface area (Å²) < 4.78 is 16.8. The summed E-state index contributed by atoms with van der Waals surface area (Å²) in [5.41, 5.74) is 0. The first-order valence-corrected chi connectivity index (χ1v) is 30.8. The quantitative estimate of drug-likeness (QED) is 0.0261. The summed E-state index contributed by atoms with van der Waals surface area (Å²) in [7, 11) is 0. The summed E-state index contributed by atoms with van der Waals surface area (Å²) in [6, 6.07) is 0. The van der Waals surface area contributed by atoms with Crippen molar-refractivity contribution in [2.45, 2.75) is 239 Å². The monoisotopic (exact) mass is 1070 g/mol. The fourth-order valence-electron chi connectivity index (χ4n) is 7.59. The fourth-order valence-corrected chi connectivity index (χ4v) is 7.59. The average molecular weight is 1070 g/mol. The van der Waals surface area contributed by atoms with Crippen LogP contribution in [0.3, 0.4) is 0 Å². The summed E-state index contributed by atoms with van der Waals surface area (Å²) in [6.45, 7) is 6.27. The van der Waals surface area contributed by atoms with E-state index < -0.39 is 12.1 Å². The van der Waals surface area contributed by atoms with Gasteiger partial charge in [0.1, 0.15) is 13.2 Å². The standard InChI is InChI=1S/C72H110O6/c1-4-7-10-13-16-19-22-25-27-29-31-32-33-34-35-36-37-38-39-40-42-43-45-47-50-53-56-59-62-65-71(74)77-68-69(67-76-70(73)64-61-58-55-52-49-24-21-18-15-12-9-6-3)78-72(75)66-63-60-57-54-51-48-46-44-41-30-28-26-23-20-17-14-11-8-5-2/h7-8,10-11,16-21,25-28,31-32,34-35,37-38,40-42,44-45,47-48,51,57,60,69H,4-6,9,12-15,22-24,29-30,33,36,39,43,46,49-50,52-56,58-59,61-68H2,1-3H3/b10-7-,11-8-,19-16-,20-17-,21-18-,27-25-,28-26-,32-31-,35-34-,38-37-,42-40-,44-41-,47-45-,51-48-,60-57-. The Morgan fingerprint density at radius 2 is 0.526 bits per heavy atom. The Bertz CT molecular complexity index is 1850. The van der Waals surface area contributed by atoms with E-state index in [0.29, 0.717) is 19.3 Å². The molecule has 0 saturated heterocycles. The molecule has 0 aliphatic heterocycles. The number of hydrogen-bond acceptors (Lipinski definition) is 6. The molecule has 1 unspecified atom stereocenters. The SMILES string of the molecule is CC/C=C\C/C=C\C/C=C\C/C=C\C/C=C\C/C=C\C/C=C\C/C=C\CCCCCCC(=O)OCC(COC(=O)CCCCCCC/C=C\CCCCC)OC(=O)CC/C=C\C/C=C\C/C=C\C/C=C\C/C=C\C/C=C\CC. The Morgan fingerprint density at radius 3 is 0.846 bits per heavy atom. The Balaban J connectivity index is 4.50. The molecule has 0 aliphatic carbocycles. The van der Waals surface area contributed by atoms with Crippen LogP contribution in [0.5, 0.6) is 0 Å². The summed E-state index contributed by atoms with van der Waals surface area (Å²) in [5.74, 6) is -1.06. The van der Waals surface area contributed by atoms with Crippen molar-refractivity contribution < 1.29 is 28.6 Å². The molecular formula is C72H110O6. The lowest BCUT2D eigenvalue weighted by molar-refractivity contribution is -0.166. The Hall–Kier alpha value is -5.49. The van der Waals surface area contributed by atoms with Gasteiger partial charge in [0.05, 0.1) is 0 Å². The molecule has 1 atom stereocenters. The maximum absolute atomic E-state index is 12.8. The minimum Gasteiger partial charge on any atom is -0.462 e. The molecule has 0 fully saturated rings. The Morgan fingerprint density at radius 1 is 0.269 bits per heavy atom. The molecule has 0 heterocycles. The number of hydrogen-bond donors (Lipinski definition) is 0. The highest BCUT2D eigenvalue weighted by molar-refractivity contribution is 5.71. The number of ether oxygens (including phenoxy) is 3. The number of rotatable bonds is 53. The first-order valence-electron chi connectivity index (χ1n) is 30.8.